The molecule has 0 spiro atoms. The second-order valence-electron chi connectivity index (χ2n) is 7.32. The number of rotatable bonds is 9. The predicted octanol–water partition coefficient (Wildman–Crippen LogP) is 3.43. The van der Waals surface area contributed by atoms with Crippen LogP contribution >= 0.6 is 0 Å². The van der Waals surface area contributed by atoms with Gasteiger partial charge in [0.15, 0.2) is 0 Å². The van der Waals surface area contributed by atoms with Crippen molar-refractivity contribution in [3.63, 3.8) is 0 Å². The lowest BCUT2D eigenvalue weighted by atomic mass is 10.1. The lowest BCUT2D eigenvalue weighted by Gasteiger charge is -2.32. The zero-order chi connectivity index (χ0) is 20.0. The van der Waals surface area contributed by atoms with E-state index in [1.54, 1.807) is 16.1 Å². The van der Waals surface area contributed by atoms with E-state index in [0.29, 0.717) is 13.1 Å². The van der Waals surface area contributed by atoms with Gasteiger partial charge >= 0.3 is 0 Å². The highest BCUT2D eigenvalue weighted by atomic mass is 16.3. The Morgan fingerprint density at radius 2 is 1.89 bits per heavy atom. The number of nitrogens with zero attached hydrogens (tertiary/aromatic N) is 3. The third kappa shape index (κ3) is 5.49. The van der Waals surface area contributed by atoms with Gasteiger partial charge in [0, 0.05) is 30.9 Å². The molecule has 6 heteroatoms. The zero-order valence-corrected chi connectivity index (χ0v) is 17.0. The van der Waals surface area contributed by atoms with E-state index in [2.05, 4.69) is 0 Å². The van der Waals surface area contributed by atoms with Crippen LogP contribution in [0.3, 0.4) is 0 Å². The molecule has 2 aromatic rings. The summed E-state index contributed by atoms with van der Waals surface area (Å²) in [5.74, 6) is 0.512. The topological polar surface area (TPSA) is 58.7 Å². The number of carbonyl (C=O) groups excluding carboxylic acids is 2. The van der Waals surface area contributed by atoms with Gasteiger partial charge < -0.3 is 18.8 Å². The first-order valence-corrected chi connectivity index (χ1v) is 9.54. The van der Waals surface area contributed by atoms with Crippen molar-refractivity contribution in [3.05, 3.63) is 48.2 Å². The fourth-order valence-electron chi connectivity index (χ4n) is 2.93. The molecular formula is C21H31N3O3. The van der Waals surface area contributed by atoms with Gasteiger partial charge in [0.25, 0.3) is 0 Å². The van der Waals surface area contributed by atoms with E-state index in [-0.39, 0.29) is 30.3 Å². The molecule has 2 heterocycles. The largest absolute Gasteiger partial charge is 0.467 e. The normalized spacial score (nSPS) is 12.2. The Morgan fingerprint density at radius 1 is 1.15 bits per heavy atom. The Morgan fingerprint density at radius 3 is 2.41 bits per heavy atom. The molecule has 0 saturated heterocycles. The van der Waals surface area contributed by atoms with Gasteiger partial charge in [0.05, 0.1) is 19.4 Å². The average molecular weight is 373 g/mol. The van der Waals surface area contributed by atoms with Crippen LogP contribution in [0.15, 0.2) is 41.1 Å². The Bertz CT molecular complexity index is 734. The summed E-state index contributed by atoms with van der Waals surface area (Å²) in [5, 5.41) is 0. The molecule has 148 valence electrons. The number of hydrogen-bond donors (Lipinski definition) is 0. The molecule has 2 amide bonds. The van der Waals surface area contributed by atoms with E-state index in [9.17, 15) is 9.59 Å². The maximum atomic E-state index is 13.1. The van der Waals surface area contributed by atoms with Gasteiger partial charge in [0.2, 0.25) is 11.8 Å². The maximum absolute atomic E-state index is 13.1. The van der Waals surface area contributed by atoms with E-state index < -0.39 is 0 Å². The SMILES string of the molecule is CC[C@@H](C)N(CC(=O)N(Cc1ccco1)Cc1cccn1C)C(=O)C(C)C. The number of aromatic nitrogens is 1. The van der Waals surface area contributed by atoms with Crippen molar-refractivity contribution in [2.75, 3.05) is 6.54 Å². The van der Waals surface area contributed by atoms with Crippen LogP contribution in [0.5, 0.6) is 0 Å². The highest BCUT2D eigenvalue weighted by molar-refractivity contribution is 5.85. The molecule has 0 aliphatic heterocycles. The van der Waals surface area contributed by atoms with Gasteiger partial charge in [-0.25, -0.2) is 0 Å². The summed E-state index contributed by atoms with van der Waals surface area (Å²) in [6.45, 7) is 8.67. The van der Waals surface area contributed by atoms with E-state index in [1.807, 2.05) is 69.8 Å². The molecule has 0 radical (unpaired) electrons. The van der Waals surface area contributed by atoms with Gasteiger partial charge in [-0.2, -0.15) is 0 Å². The average Bonchev–Trinajstić information content (AvgIpc) is 3.29. The molecule has 2 rings (SSSR count). The highest BCUT2D eigenvalue weighted by Crippen LogP contribution is 2.15. The Hall–Kier alpha value is -2.50. The molecule has 0 N–H and O–H groups in total. The van der Waals surface area contributed by atoms with E-state index in [1.165, 1.54) is 0 Å². The number of aryl methyl sites for hydroxylation is 1. The predicted molar refractivity (Wildman–Crippen MR) is 105 cm³/mol. The molecule has 0 fully saturated rings. The van der Waals surface area contributed by atoms with Crippen molar-refractivity contribution < 1.29 is 14.0 Å². The monoisotopic (exact) mass is 373 g/mol. The molecule has 0 unspecified atom stereocenters. The molecule has 0 saturated carbocycles. The molecule has 0 aromatic carbocycles. The van der Waals surface area contributed by atoms with Crippen molar-refractivity contribution >= 4 is 11.8 Å². The van der Waals surface area contributed by atoms with Crippen molar-refractivity contribution in [2.24, 2.45) is 13.0 Å². The van der Waals surface area contributed by atoms with Crippen LogP contribution in [0.2, 0.25) is 0 Å². The summed E-state index contributed by atoms with van der Waals surface area (Å²) in [6.07, 6.45) is 4.37. The molecule has 1 atom stereocenters. The minimum absolute atomic E-state index is 0.00881. The number of amides is 2. The first kappa shape index (κ1) is 20.8. The lowest BCUT2D eigenvalue weighted by molar-refractivity contribution is -0.145. The fourth-order valence-corrected chi connectivity index (χ4v) is 2.93. The maximum Gasteiger partial charge on any atom is 0.242 e. The summed E-state index contributed by atoms with van der Waals surface area (Å²) in [4.78, 5) is 29.2. The Kier molecular flexibility index (Phi) is 7.28. The summed E-state index contributed by atoms with van der Waals surface area (Å²) in [6, 6.07) is 7.64. The van der Waals surface area contributed by atoms with Crippen LogP contribution in [0.1, 0.15) is 45.6 Å². The molecule has 0 bridgehead atoms. The fraction of sp³-hybridized carbons (Fsp3) is 0.524. The number of furan rings is 1. The smallest absolute Gasteiger partial charge is 0.242 e. The van der Waals surface area contributed by atoms with Gasteiger partial charge in [-0.15, -0.1) is 0 Å². The minimum Gasteiger partial charge on any atom is -0.467 e. The third-order valence-corrected chi connectivity index (χ3v) is 4.89. The standard InChI is InChI=1S/C21H31N3O3/c1-6-17(4)24(21(26)16(2)3)15-20(25)23(14-19-10-8-12-27-19)13-18-9-7-11-22(18)5/h7-12,16-17H,6,13-15H2,1-5H3/t17-/m1/s1. The van der Waals surface area contributed by atoms with Crippen LogP contribution in [-0.2, 0) is 29.7 Å². The van der Waals surface area contributed by atoms with Crippen LogP contribution in [0.4, 0.5) is 0 Å². The van der Waals surface area contributed by atoms with Crippen LogP contribution in [-0.4, -0.2) is 38.8 Å². The van der Waals surface area contributed by atoms with Crippen LogP contribution in [0.25, 0.3) is 0 Å². The van der Waals surface area contributed by atoms with Crippen molar-refractivity contribution in [1.82, 2.24) is 14.4 Å². The van der Waals surface area contributed by atoms with E-state index in [0.717, 1.165) is 17.9 Å². The third-order valence-electron chi connectivity index (χ3n) is 4.89. The van der Waals surface area contributed by atoms with E-state index >= 15 is 0 Å². The van der Waals surface area contributed by atoms with Crippen molar-refractivity contribution in [1.29, 1.82) is 0 Å². The second kappa shape index (κ2) is 9.44. The van der Waals surface area contributed by atoms with Crippen molar-refractivity contribution in [2.45, 2.75) is 53.2 Å². The van der Waals surface area contributed by atoms with Gasteiger partial charge in [-0.05, 0) is 37.6 Å². The summed E-state index contributed by atoms with van der Waals surface area (Å²) in [5.41, 5.74) is 1.03. The van der Waals surface area contributed by atoms with Crippen molar-refractivity contribution in [3.8, 4) is 0 Å². The Balaban J connectivity index is 2.20. The molecule has 0 aliphatic carbocycles. The van der Waals surface area contributed by atoms with Crippen LogP contribution in [0, 0.1) is 5.92 Å². The second-order valence-corrected chi connectivity index (χ2v) is 7.32. The molecule has 27 heavy (non-hydrogen) atoms. The van der Waals surface area contributed by atoms with Gasteiger partial charge in [-0.1, -0.05) is 20.8 Å². The first-order valence-electron chi connectivity index (χ1n) is 9.54. The minimum atomic E-state index is -0.141. The zero-order valence-electron chi connectivity index (χ0n) is 17.0. The quantitative estimate of drug-likeness (QED) is 0.677. The summed E-state index contributed by atoms with van der Waals surface area (Å²) >= 11 is 0. The number of carbonyl (C=O) groups is 2. The molecule has 6 nitrogen and oxygen atoms in total. The Labute approximate surface area is 161 Å². The highest BCUT2D eigenvalue weighted by Gasteiger charge is 2.27. The van der Waals surface area contributed by atoms with Gasteiger partial charge in [-0.3, -0.25) is 9.59 Å². The summed E-state index contributed by atoms with van der Waals surface area (Å²) in [7, 11) is 1.96. The molecule has 0 aliphatic rings. The van der Waals surface area contributed by atoms with E-state index in [4.69, 9.17) is 4.42 Å². The van der Waals surface area contributed by atoms with Gasteiger partial charge in [0.1, 0.15) is 12.3 Å². The van der Waals surface area contributed by atoms with Crippen LogP contribution < -0.4 is 0 Å². The molecular weight excluding hydrogens is 342 g/mol. The first-order chi connectivity index (χ1) is 12.8. The molecule has 2 aromatic heterocycles. The number of hydrogen-bond acceptors (Lipinski definition) is 3. The summed E-state index contributed by atoms with van der Waals surface area (Å²) < 4.78 is 7.44. The lowest BCUT2D eigenvalue weighted by Crippen LogP contribution is -2.47.